The van der Waals surface area contributed by atoms with Gasteiger partial charge in [0.25, 0.3) is 0 Å². The second-order valence-corrected chi connectivity index (χ2v) is 7.79. The van der Waals surface area contributed by atoms with E-state index in [0.717, 1.165) is 28.3 Å². The van der Waals surface area contributed by atoms with E-state index in [1.165, 1.54) is 0 Å². The monoisotopic (exact) mass is 446 g/mol. The molecule has 0 aliphatic carbocycles. The number of carbonyl (C=O) groups is 2. The van der Waals surface area contributed by atoms with Gasteiger partial charge in [0.05, 0.1) is 26.0 Å². The number of carbonyl (C=O) groups excluding carboxylic acids is 2. The van der Waals surface area contributed by atoms with Crippen molar-refractivity contribution in [1.82, 2.24) is 9.88 Å². The van der Waals surface area contributed by atoms with E-state index >= 15 is 0 Å². The number of amides is 2. The molecule has 3 N–H and O–H groups in total. The molecule has 0 saturated carbocycles. The van der Waals surface area contributed by atoms with Gasteiger partial charge in [-0.1, -0.05) is 18.2 Å². The molecule has 4 rings (SSSR count). The van der Waals surface area contributed by atoms with Crippen LogP contribution in [0.2, 0.25) is 0 Å². The average Bonchev–Trinajstić information content (AvgIpc) is 2.85. The molecule has 1 aliphatic heterocycles. The molecule has 170 valence electrons. The summed E-state index contributed by atoms with van der Waals surface area (Å²) in [6.07, 6.45) is 1.53. The second kappa shape index (κ2) is 10.2. The van der Waals surface area contributed by atoms with Crippen molar-refractivity contribution in [3.8, 4) is 16.9 Å². The Hall–Kier alpha value is -3.75. The van der Waals surface area contributed by atoms with Crippen LogP contribution in [0.5, 0.6) is 5.75 Å². The van der Waals surface area contributed by atoms with Crippen molar-refractivity contribution < 1.29 is 19.1 Å². The van der Waals surface area contributed by atoms with Crippen LogP contribution in [-0.4, -0.2) is 55.0 Å². The molecule has 2 aromatic carbocycles. The summed E-state index contributed by atoms with van der Waals surface area (Å²) in [6.45, 7) is 2.03. The molecule has 1 aliphatic rings. The summed E-state index contributed by atoms with van der Waals surface area (Å²) in [5, 5.41) is 2.91. The van der Waals surface area contributed by atoms with Crippen molar-refractivity contribution in [3.05, 3.63) is 78.1 Å². The predicted molar refractivity (Wildman–Crippen MR) is 125 cm³/mol. The highest BCUT2D eigenvalue weighted by Gasteiger charge is 2.24. The SMILES string of the molecule is COc1ccc(NC(=O)CN2CCO[C@@H](c3ccc(-c4cccc(C(N)=O)c4)cn3)C2)cc1. The minimum Gasteiger partial charge on any atom is -0.497 e. The smallest absolute Gasteiger partial charge is 0.248 e. The zero-order valence-electron chi connectivity index (χ0n) is 18.4. The number of rotatable bonds is 7. The maximum absolute atomic E-state index is 12.5. The first kappa shape index (κ1) is 22.4. The van der Waals surface area contributed by atoms with Gasteiger partial charge >= 0.3 is 0 Å². The van der Waals surface area contributed by atoms with Crippen LogP contribution in [0.15, 0.2) is 66.9 Å². The van der Waals surface area contributed by atoms with Gasteiger partial charge in [-0.3, -0.25) is 19.5 Å². The summed E-state index contributed by atoms with van der Waals surface area (Å²) in [4.78, 5) is 30.5. The zero-order chi connectivity index (χ0) is 23.2. The molecule has 0 unspecified atom stereocenters. The Labute approximate surface area is 192 Å². The number of aromatic nitrogens is 1. The number of anilines is 1. The topological polar surface area (TPSA) is 107 Å². The molecule has 1 atom stereocenters. The first-order valence-corrected chi connectivity index (χ1v) is 10.7. The van der Waals surface area contributed by atoms with Gasteiger partial charge in [-0.05, 0) is 48.0 Å². The van der Waals surface area contributed by atoms with E-state index in [9.17, 15) is 9.59 Å². The third-order valence-electron chi connectivity index (χ3n) is 5.49. The molecule has 0 radical (unpaired) electrons. The first-order chi connectivity index (χ1) is 16.0. The Morgan fingerprint density at radius 2 is 1.97 bits per heavy atom. The van der Waals surface area contributed by atoms with Gasteiger partial charge in [0.1, 0.15) is 11.9 Å². The van der Waals surface area contributed by atoms with Gasteiger partial charge in [-0.25, -0.2) is 0 Å². The van der Waals surface area contributed by atoms with Crippen molar-refractivity contribution in [2.45, 2.75) is 6.10 Å². The Morgan fingerprint density at radius 1 is 1.15 bits per heavy atom. The Balaban J connectivity index is 1.36. The minimum absolute atomic E-state index is 0.0848. The van der Waals surface area contributed by atoms with Crippen LogP contribution in [0, 0.1) is 0 Å². The molecule has 3 aromatic rings. The number of nitrogens with two attached hydrogens (primary N) is 1. The standard InChI is InChI=1S/C25H26N4O4/c1-32-21-8-6-20(7-9-21)28-24(30)16-29-11-12-33-23(15-29)22-10-5-19(14-27-22)17-3-2-4-18(13-17)25(26)31/h2-10,13-14,23H,11-12,15-16H2,1H3,(H2,26,31)(H,28,30)/t23-/m1/s1. The number of primary amides is 1. The summed E-state index contributed by atoms with van der Waals surface area (Å²) in [7, 11) is 1.60. The highest BCUT2D eigenvalue weighted by molar-refractivity contribution is 5.94. The lowest BCUT2D eigenvalue weighted by molar-refractivity contribution is -0.119. The first-order valence-electron chi connectivity index (χ1n) is 10.7. The van der Waals surface area contributed by atoms with Crippen molar-refractivity contribution >= 4 is 17.5 Å². The Bertz CT molecular complexity index is 1120. The lowest BCUT2D eigenvalue weighted by atomic mass is 10.0. The summed E-state index contributed by atoms with van der Waals surface area (Å²) in [5.74, 6) is 0.190. The van der Waals surface area contributed by atoms with E-state index in [2.05, 4.69) is 15.2 Å². The van der Waals surface area contributed by atoms with Crippen molar-refractivity contribution in [2.24, 2.45) is 5.73 Å². The molecular formula is C25H26N4O4. The number of methoxy groups -OCH3 is 1. The van der Waals surface area contributed by atoms with Gasteiger partial charge in [0.2, 0.25) is 11.8 Å². The molecule has 2 heterocycles. The molecule has 1 saturated heterocycles. The quantitative estimate of drug-likeness (QED) is 0.578. The number of morpholine rings is 1. The number of nitrogens with one attached hydrogen (secondary N) is 1. The lowest BCUT2D eigenvalue weighted by Gasteiger charge is -2.32. The highest BCUT2D eigenvalue weighted by atomic mass is 16.5. The highest BCUT2D eigenvalue weighted by Crippen LogP contribution is 2.25. The number of nitrogens with zero attached hydrogens (tertiary/aromatic N) is 2. The fourth-order valence-electron chi connectivity index (χ4n) is 3.72. The summed E-state index contributed by atoms with van der Waals surface area (Å²) in [5.41, 5.74) is 9.10. The third-order valence-corrected chi connectivity index (χ3v) is 5.49. The Kier molecular flexibility index (Phi) is 6.97. The minimum atomic E-state index is -0.465. The molecule has 8 heteroatoms. The molecule has 33 heavy (non-hydrogen) atoms. The van der Waals surface area contributed by atoms with E-state index in [1.807, 2.05) is 30.3 Å². The molecule has 8 nitrogen and oxygen atoms in total. The molecule has 1 fully saturated rings. The third kappa shape index (κ3) is 5.74. The number of hydrogen-bond donors (Lipinski definition) is 2. The van der Waals surface area contributed by atoms with E-state index in [1.54, 1.807) is 43.6 Å². The van der Waals surface area contributed by atoms with E-state index < -0.39 is 5.91 Å². The lowest BCUT2D eigenvalue weighted by Crippen LogP contribution is -2.42. The van der Waals surface area contributed by atoms with Gasteiger partial charge in [0, 0.05) is 36.1 Å². The number of benzene rings is 2. The largest absolute Gasteiger partial charge is 0.497 e. The van der Waals surface area contributed by atoms with Gasteiger partial charge in [-0.15, -0.1) is 0 Å². The van der Waals surface area contributed by atoms with Crippen LogP contribution in [0.3, 0.4) is 0 Å². The number of pyridine rings is 1. The summed E-state index contributed by atoms with van der Waals surface area (Å²) < 4.78 is 11.0. The van der Waals surface area contributed by atoms with Crippen LogP contribution in [0.4, 0.5) is 5.69 Å². The molecular weight excluding hydrogens is 420 g/mol. The Morgan fingerprint density at radius 3 is 2.67 bits per heavy atom. The van der Waals surface area contributed by atoms with Gasteiger partial charge in [-0.2, -0.15) is 0 Å². The van der Waals surface area contributed by atoms with E-state index in [4.69, 9.17) is 15.2 Å². The normalized spacial score (nSPS) is 16.2. The zero-order valence-corrected chi connectivity index (χ0v) is 18.4. The van der Waals surface area contributed by atoms with Gasteiger partial charge < -0.3 is 20.5 Å². The maximum Gasteiger partial charge on any atom is 0.248 e. The number of hydrogen-bond acceptors (Lipinski definition) is 6. The van der Waals surface area contributed by atoms with Crippen molar-refractivity contribution in [1.29, 1.82) is 0 Å². The fourth-order valence-corrected chi connectivity index (χ4v) is 3.72. The summed E-state index contributed by atoms with van der Waals surface area (Å²) >= 11 is 0. The predicted octanol–water partition coefficient (Wildman–Crippen LogP) is 2.87. The van der Waals surface area contributed by atoms with E-state index in [-0.39, 0.29) is 18.6 Å². The molecule has 1 aromatic heterocycles. The molecule has 2 amide bonds. The molecule has 0 bridgehead atoms. The fraction of sp³-hybridized carbons (Fsp3) is 0.240. The second-order valence-electron chi connectivity index (χ2n) is 7.79. The maximum atomic E-state index is 12.5. The van der Waals surface area contributed by atoms with Crippen molar-refractivity contribution in [3.63, 3.8) is 0 Å². The van der Waals surface area contributed by atoms with Crippen LogP contribution in [0.1, 0.15) is 22.2 Å². The summed E-state index contributed by atoms with van der Waals surface area (Å²) in [6, 6.07) is 18.2. The van der Waals surface area contributed by atoms with Gasteiger partial charge in [0.15, 0.2) is 0 Å². The van der Waals surface area contributed by atoms with E-state index in [0.29, 0.717) is 25.3 Å². The van der Waals surface area contributed by atoms with Crippen LogP contribution in [-0.2, 0) is 9.53 Å². The van der Waals surface area contributed by atoms with Crippen molar-refractivity contribution in [2.75, 3.05) is 38.7 Å². The number of ether oxygens (including phenoxy) is 2. The average molecular weight is 447 g/mol. The van der Waals surface area contributed by atoms with Crippen LogP contribution in [0.25, 0.3) is 11.1 Å². The van der Waals surface area contributed by atoms with Crippen LogP contribution >= 0.6 is 0 Å². The van der Waals surface area contributed by atoms with Crippen LogP contribution < -0.4 is 15.8 Å². The molecule has 0 spiro atoms.